The van der Waals surface area contributed by atoms with Crippen LogP contribution in [0.3, 0.4) is 0 Å². The quantitative estimate of drug-likeness (QED) is 0.289. The lowest BCUT2D eigenvalue weighted by molar-refractivity contribution is 0.630. The maximum absolute atomic E-state index is 6.32. The summed E-state index contributed by atoms with van der Waals surface area (Å²) in [7, 11) is 0. The Morgan fingerprint density at radius 2 is 1.59 bits per heavy atom. The highest BCUT2D eigenvalue weighted by Gasteiger charge is 2.16. The van der Waals surface area contributed by atoms with Gasteiger partial charge in [-0.25, -0.2) is 4.98 Å². The van der Waals surface area contributed by atoms with Crippen LogP contribution >= 0.6 is 0 Å². The minimum absolute atomic E-state index is 0.652. The molecule has 0 spiro atoms. The van der Waals surface area contributed by atoms with Gasteiger partial charge in [-0.2, -0.15) is 0 Å². The van der Waals surface area contributed by atoms with E-state index in [2.05, 4.69) is 56.1 Å². The lowest BCUT2D eigenvalue weighted by Crippen LogP contribution is -1.88. The van der Waals surface area contributed by atoms with Crippen molar-refractivity contribution in [3.63, 3.8) is 0 Å². The first-order chi connectivity index (χ1) is 15.5. The summed E-state index contributed by atoms with van der Waals surface area (Å²) < 4.78 is 12.5. The molecule has 32 heavy (non-hydrogen) atoms. The zero-order chi connectivity index (χ0) is 22.0. The Bertz CT molecular complexity index is 1650. The van der Waals surface area contributed by atoms with E-state index >= 15 is 0 Å². The molecule has 0 aliphatic heterocycles. The molecule has 4 heteroatoms. The summed E-state index contributed by atoms with van der Waals surface area (Å²) >= 11 is 0. The van der Waals surface area contributed by atoms with E-state index in [0.29, 0.717) is 5.71 Å². The standard InChI is InChI=1S/C28H22N2O2/c1-15-10-16(2)26(17(3)11-15)25-12-19-14-29-23(13-24(19)31-25)22-7-5-6-20-21-9-8-18(4)30-28(21)32-27(20)22/h5-14H,1-4H3. The van der Waals surface area contributed by atoms with Crippen molar-refractivity contribution in [3.8, 4) is 22.6 Å². The third kappa shape index (κ3) is 2.83. The summed E-state index contributed by atoms with van der Waals surface area (Å²) in [5, 5.41) is 3.04. The molecule has 0 N–H and O–H groups in total. The number of hydrogen-bond donors (Lipinski definition) is 0. The minimum atomic E-state index is 0.652. The number of furan rings is 2. The molecule has 0 unspecified atom stereocenters. The fourth-order valence-corrected chi connectivity index (χ4v) is 4.75. The van der Waals surface area contributed by atoms with Gasteiger partial charge in [-0.15, -0.1) is 0 Å². The first-order valence-corrected chi connectivity index (χ1v) is 10.7. The number of benzene rings is 2. The average Bonchev–Trinajstić information content (AvgIpc) is 3.32. The van der Waals surface area contributed by atoms with Crippen LogP contribution in [0.1, 0.15) is 22.4 Å². The molecule has 0 radical (unpaired) electrons. The normalized spacial score (nSPS) is 11.8. The van der Waals surface area contributed by atoms with Crippen molar-refractivity contribution in [2.45, 2.75) is 27.7 Å². The predicted octanol–water partition coefficient (Wildman–Crippen LogP) is 7.69. The Hall–Kier alpha value is -3.92. The molecule has 0 saturated heterocycles. The van der Waals surface area contributed by atoms with Crippen LogP contribution in [0.25, 0.3) is 55.6 Å². The molecule has 0 atom stereocenters. The zero-order valence-electron chi connectivity index (χ0n) is 18.5. The minimum Gasteiger partial charge on any atom is -0.456 e. The van der Waals surface area contributed by atoms with Gasteiger partial charge in [-0.3, -0.25) is 4.98 Å². The third-order valence-corrected chi connectivity index (χ3v) is 6.10. The molecule has 6 rings (SSSR count). The summed E-state index contributed by atoms with van der Waals surface area (Å²) in [5.41, 5.74) is 9.77. The highest BCUT2D eigenvalue weighted by molar-refractivity contribution is 6.08. The van der Waals surface area contributed by atoms with Gasteiger partial charge in [0.2, 0.25) is 5.71 Å². The van der Waals surface area contributed by atoms with E-state index in [9.17, 15) is 0 Å². The number of rotatable bonds is 2. The van der Waals surface area contributed by atoms with E-state index in [0.717, 1.165) is 55.6 Å². The molecule has 6 aromatic rings. The van der Waals surface area contributed by atoms with Gasteiger partial charge >= 0.3 is 0 Å². The Kier molecular flexibility index (Phi) is 3.99. The second kappa shape index (κ2) is 6.79. The fourth-order valence-electron chi connectivity index (χ4n) is 4.75. The lowest BCUT2D eigenvalue weighted by Gasteiger charge is -2.08. The van der Waals surface area contributed by atoms with Crippen LogP contribution in [0, 0.1) is 27.7 Å². The smallest absolute Gasteiger partial charge is 0.227 e. The topological polar surface area (TPSA) is 52.1 Å². The summed E-state index contributed by atoms with van der Waals surface area (Å²) in [6.45, 7) is 8.34. The summed E-state index contributed by atoms with van der Waals surface area (Å²) in [6.07, 6.45) is 1.88. The number of aromatic nitrogens is 2. The van der Waals surface area contributed by atoms with E-state index in [1.807, 2.05) is 37.4 Å². The van der Waals surface area contributed by atoms with Crippen LogP contribution in [-0.4, -0.2) is 9.97 Å². The first kappa shape index (κ1) is 18.8. The summed E-state index contributed by atoms with van der Waals surface area (Å²) in [4.78, 5) is 9.29. The van der Waals surface area contributed by atoms with Crippen LogP contribution in [0.2, 0.25) is 0 Å². The molecule has 4 aromatic heterocycles. The van der Waals surface area contributed by atoms with Gasteiger partial charge in [-0.05, 0) is 63.1 Å². The van der Waals surface area contributed by atoms with Crippen molar-refractivity contribution >= 4 is 33.0 Å². The number of fused-ring (bicyclic) bond motifs is 4. The Labute approximate surface area is 185 Å². The maximum atomic E-state index is 6.32. The molecule has 0 aliphatic rings. The highest BCUT2D eigenvalue weighted by Crippen LogP contribution is 2.37. The molecule has 2 aromatic carbocycles. The Morgan fingerprint density at radius 3 is 2.41 bits per heavy atom. The molecular weight excluding hydrogens is 396 g/mol. The third-order valence-electron chi connectivity index (χ3n) is 6.10. The van der Waals surface area contributed by atoms with E-state index in [1.54, 1.807) is 0 Å². The van der Waals surface area contributed by atoms with Gasteiger partial charge in [0.15, 0.2) is 0 Å². The van der Waals surface area contributed by atoms with Crippen LogP contribution < -0.4 is 0 Å². The van der Waals surface area contributed by atoms with Gasteiger partial charge in [0, 0.05) is 45.2 Å². The van der Waals surface area contributed by atoms with Crippen molar-refractivity contribution in [1.82, 2.24) is 9.97 Å². The van der Waals surface area contributed by atoms with E-state index in [1.165, 1.54) is 16.7 Å². The number of nitrogens with zero attached hydrogens (tertiary/aromatic N) is 2. The molecule has 0 bridgehead atoms. The second-order valence-electron chi connectivity index (χ2n) is 8.58. The molecule has 4 nitrogen and oxygen atoms in total. The molecule has 0 aliphatic carbocycles. The van der Waals surface area contributed by atoms with Crippen LogP contribution in [0.4, 0.5) is 0 Å². The molecule has 0 fully saturated rings. The number of para-hydroxylation sites is 1. The van der Waals surface area contributed by atoms with Gasteiger partial charge in [0.05, 0.1) is 5.69 Å². The van der Waals surface area contributed by atoms with Gasteiger partial charge in [0.1, 0.15) is 16.9 Å². The van der Waals surface area contributed by atoms with E-state index in [-0.39, 0.29) is 0 Å². The van der Waals surface area contributed by atoms with E-state index < -0.39 is 0 Å². The van der Waals surface area contributed by atoms with Gasteiger partial charge in [-0.1, -0.05) is 29.8 Å². The summed E-state index contributed by atoms with van der Waals surface area (Å²) in [5.74, 6) is 0.871. The van der Waals surface area contributed by atoms with Gasteiger partial charge in [0.25, 0.3) is 0 Å². The highest BCUT2D eigenvalue weighted by atomic mass is 16.3. The second-order valence-corrected chi connectivity index (χ2v) is 8.58. The van der Waals surface area contributed by atoms with Crippen molar-refractivity contribution in [2.24, 2.45) is 0 Å². The van der Waals surface area contributed by atoms with Crippen LogP contribution in [0.5, 0.6) is 0 Å². The van der Waals surface area contributed by atoms with Crippen molar-refractivity contribution in [3.05, 3.63) is 83.2 Å². The van der Waals surface area contributed by atoms with Gasteiger partial charge < -0.3 is 8.83 Å². The molecule has 4 heterocycles. The number of aryl methyl sites for hydroxylation is 4. The molecule has 156 valence electrons. The molecular formula is C28H22N2O2. The summed E-state index contributed by atoms with van der Waals surface area (Å²) in [6, 6.07) is 18.7. The lowest BCUT2D eigenvalue weighted by atomic mass is 9.98. The van der Waals surface area contributed by atoms with E-state index in [4.69, 9.17) is 13.8 Å². The molecule has 0 amide bonds. The number of pyridine rings is 2. The SMILES string of the molecule is Cc1cc(C)c(-c2cc3cnc(-c4cccc5c4oc4nc(C)ccc45)cc3o2)c(C)c1. The maximum Gasteiger partial charge on any atom is 0.227 e. The Balaban J connectivity index is 1.53. The monoisotopic (exact) mass is 418 g/mol. The van der Waals surface area contributed by atoms with Crippen LogP contribution in [-0.2, 0) is 0 Å². The molecule has 0 saturated carbocycles. The Morgan fingerprint density at radius 1 is 0.781 bits per heavy atom. The zero-order valence-corrected chi connectivity index (χ0v) is 18.5. The van der Waals surface area contributed by atoms with Crippen molar-refractivity contribution < 1.29 is 8.83 Å². The predicted molar refractivity (Wildman–Crippen MR) is 129 cm³/mol. The fraction of sp³-hybridized carbons (Fsp3) is 0.143. The first-order valence-electron chi connectivity index (χ1n) is 10.7. The van der Waals surface area contributed by atoms with Crippen LogP contribution in [0.15, 0.2) is 69.6 Å². The van der Waals surface area contributed by atoms with Crippen molar-refractivity contribution in [2.75, 3.05) is 0 Å². The number of hydrogen-bond acceptors (Lipinski definition) is 4. The largest absolute Gasteiger partial charge is 0.456 e. The van der Waals surface area contributed by atoms with Crippen molar-refractivity contribution in [1.29, 1.82) is 0 Å². The average molecular weight is 418 g/mol.